The minimum Gasteiger partial charge on any atom is -0.378 e. The number of rotatable bonds is 11. The van der Waals surface area contributed by atoms with Crippen molar-refractivity contribution < 1.29 is 4.74 Å². The highest BCUT2D eigenvalue weighted by atomic mass is 16.5. The van der Waals surface area contributed by atoms with Gasteiger partial charge in [-0.05, 0) is 38.6 Å². The third-order valence-corrected chi connectivity index (χ3v) is 3.92. The van der Waals surface area contributed by atoms with Crippen LogP contribution < -0.4 is 5.32 Å². The molecule has 0 aliphatic heterocycles. The van der Waals surface area contributed by atoms with Gasteiger partial charge in [0, 0.05) is 12.6 Å². The van der Waals surface area contributed by atoms with Gasteiger partial charge in [0.2, 0.25) is 0 Å². The van der Waals surface area contributed by atoms with Crippen LogP contribution in [-0.2, 0) is 4.74 Å². The van der Waals surface area contributed by atoms with Gasteiger partial charge >= 0.3 is 0 Å². The average molecular weight is 255 g/mol. The molecular formula is C16H33NO. The standard InChI is InChI=1S/C16H33NO/c1-3-5-6-7-8-9-13-18-16-11-10-15(14-16)17-12-4-2/h15-17H,3-14H2,1-2H3. The highest BCUT2D eigenvalue weighted by molar-refractivity contribution is 4.81. The van der Waals surface area contributed by atoms with Crippen LogP contribution in [0.4, 0.5) is 0 Å². The third kappa shape index (κ3) is 7.38. The van der Waals surface area contributed by atoms with Gasteiger partial charge < -0.3 is 10.1 Å². The molecule has 2 heteroatoms. The first-order valence-corrected chi connectivity index (χ1v) is 8.21. The predicted molar refractivity (Wildman–Crippen MR) is 79.0 cm³/mol. The number of unbranched alkanes of at least 4 members (excludes halogenated alkanes) is 5. The van der Waals surface area contributed by atoms with E-state index in [1.807, 2.05) is 0 Å². The van der Waals surface area contributed by atoms with Crippen molar-refractivity contribution in [1.29, 1.82) is 0 Å². The van der Waals surface area contributed by atoms with E-state index in [1.165, 1.54) is 64.2 Å². The molecule has 2 atom stereocenters. The molecule has 0 bridgehead atoms. The average Bonchev–Trinajstić information content (AvgIpc) is 2.83. The molecule has 108 valence electrons. The molecule has 0 heterocycles. The van der Waals surface area contributed by atoms with Gasteiger partial charge in [0.05, 0.1) is 6.10 Å². The van der Waals surface area contributed by atoms with Crippen LogP contribution in [0.15, 0.2) is 0 Å². The van der Waals surface area contributed by atoms with E-state index in [-0.39, 0.29) is 0 Å². The molecule has 2 nitrogen and oxygen atoms in total. The first kappa shape index (κ1) is 16.0. The molecule has 1 N–H and O–H groups in total. The van der Waals surface area contributed by atoms with E-state index in [0.717, 1.165) is 19.2 Å². The lowest BCUT2D eigenvalue weighted by atomic mass is 10.1. The van der Waals surface area contributed by atoms with Crippen molar-refractivity contribution in [2.75, 3.05) is 13.2 Å². The highest BCUT2D eigenvalue weighted by Crippen LogP contribution is 2.22. The summed E-state index contributed by atoms with van der Waals surface area (Å²) in [5, 5.41) is 3.61. The van der Waals surface area contributed by atoms with Gasteiger partial charge in [-0.15, -0.1) is 0 Å². The minimum atomic E-state index is 0.537. The van der Waals surface area contributed by atoms with Crippen LogP contribution in [-0.4, -0.2) is 25.3 Å². The summed E-state index contributed by atoms with van der Waals surface area (Å²) in [7, 11) is 0. The quantitative estimate of drug-likeness (QED) is 0.556. The topological polar surface area (TPSA) is 21.3 Å². The molecule has 0 aromatic heterocycles. The molecule has 1 rings (SSSR count). The van der Waals surface area contributed by atoms with Gasteiger partial charge in [-0.2, -0.15) is 0 Å². The Morgan fingerprint density at radius 1 is 0.944 bits per heavy atom. The Morgan fingerprint density at radius 2 is 1.72 bits per heavy atom. The van der Waals surface area contributed by atoms with Crippen LogP contribution in [0.1, 0.15) is 78.1 Å². The summed E-state index contributed by atoms with van der Waals surface area (Å²) in [5.74, 6) is 0. The maximum Gasteiger partial charge on any atom is 0.0590 e. The van der Waals surface area contributed by atoms with Gasteiger partial charge in [0.1, 0.15) is 0 Å². The second-order valence-corrected chi connectivity index (χ2v) is 5.72. The Bertz CT molecular complexity index is 184. The summed E-state index contributed by atoms with van der Waals surface area (Å²) < 4.78 is 5.98. The maximum absolute atomic E-state index is 5.98. The van der Waals surface area contributed by atoms with E-state index in [2.05, 4.69) is 19.2 Å². The van der Waals surface area contributed by atoms with Gasteiger partial charge in [-0.25, -0.2) is 0 Å². The largest absolute Gasteiger partial charge is 0.378 e. The molecule has 0 amide bonds. The molecule has 0 radical (unpaired) electrons. The minimum absolute atomic E-state index is 0.537. The zero-order chi connectivity index (χ0) is 13.1. The van der Waals surface area contributed by atoms with Crippen molar-refractivity contribution in [3.63, 3.8) is 0 Å². The molecule has 0 aromatic rings. The van der Waals surface area contributed by atoms with Crippen molar-refractivity contribution in [1.82, 2.24) is 5.32 Å². The monoisotopic (exact) mass is 255 g/mol. The summed E-state index contributed by atoms with van der Waals surface area (Å²) in [6.07, 6.45) is 13.7. The lowest BCUT2D eigenvalue weighted by molar-refractivity contribution is 0.0540. The Labute approximate surface area is 114 Å². The fraction of sp³-hybridized carbons (Fsp3) is 1.00. The molecule has 0 spiro atoms. The zero-order valence-electron chi connectivity index (χ0n) is 12.5. The van der Waals surface area contributed by atoms with Crippen LogP contribution in [0.25, 0.3) is 0 Å². The summed E-state index contributed by atoms with van der Waals surface area (Å²) >= 11 is 0. The van der Waals surface area contributed by atoms with Crippen LogP contribution in [0.3, 0.4) is 0 Å². The summed E-state index contributed by atoms with van der Waals surface area (Å²) in [4.78, 5) is 0. The van der Waals surface area contributed by atoms with Crippen molar-refractivity contribution in [2.45, 2.75) is 90.2 Å². The van der Waals surface area contributed by atoms with E-state index in [0.29, 0.717) is 6.10 Å². The first-order valence-electron chi connectivity index (χ1n) is 8.21. The van der Waals surface area contributed by atoms with E-state index in [4.69, 9.17) is 4.74 Å². The molecule has 1 aliphatic rings. The lowest BCUT2D eigenvalue weighted by Gasteiger charge is -2.13. The van der Waals surface area contributed by atoms with Crippen LogP contribution in [0.5, 0.6) is 0 Å². The number of nitrogens with one attached hydrogen (secondary N) is 1. The SMILES string of the molecule is CCCCCCCCOC1CCC(NCCC)C1. The van der Waals surface area contributed by atoms with E-state index < -0.39 is 0 Å². The Kier molecular flexibility index (Phi) is 9.59. The molecule has 1 saturated carbocycles. The molecule has 2 unspecified atom stereocenters. The second-order valence-electron chi connectivity index (χ2n) is 5.72. The van der Waals surface area contributed by atoms with Gasteiger partial charge in [-0.3, -0.25) is 0 Å². The Balaban J connectivity index is 1.88. The van der Waals surface area contributed by atoms with E-state index >= 15 is 0 Å². The fourth-order valence-electron chi connectivity index (χ4n) is 2.76. The molecule has 18 heavy (non-hydrogen) atoms. The van der Waals surface area contributed by atoms with Crippen molar-refractivity contribution in [3.05, 3.63) is 0 Å². The van der Waals surface area contributed by atoms with Gasteiger partial charge in [0.15, 0.2) is 0 Å². The van der Waals surface area contributed by atoms with Crippen molar-refractivity contribution in [3.8, 4) is 0 Å². The zero-order valence-corrected chi connectivity index (χ0v) is 12.5. The Morgan fingerprint density at radius 3 is 2.50 bits per heavy atom. The smallest absolute Gasteiger partial charge is 0.0590 e. The van der Waals surface area contributed by atoms with E-state index in [1.54, 1.807) is 0 Å². The van der Waals surface area contributed by atoms with E-state index in [9.17, 15) is 0 Å². The normalized spacial score (nSPS) is 23.7. The number of hydrogen-bond donors (Lipinski definition) is 1. The predicted octanol–water partition coefficient (Wildman–Crippen LogP) is 4.28. The van der Waals surface area contributed by atoms with Gasteiger partial charge in [0.25, 0.3) is 0 Å². The number of ether oxygens (including phenoxy) is 1. The van der Waals surface area contributed by atoms with Gasteiger partial charge in [-0.1, -0.05) is 46.0 Å². The molecule has 1 fully saturated rings. The Hall–Kier alpha value is -0.0800. The van der Waals surface area contributed by atoms with Crippen LogP contribution in [0.2, 0.25) is 0 Å². The molecule has 1 aliphatic carbocycles. The fourth-order valence-corrected chi connectivity index (χ4v) is 2.76. The maximum atomic E-state index is 5.98. The summed E-state index contributed by atoms with van der Waals surface area (Å²) in [6, 6.07) is 0.722. The summed E-state index contributed by atoms with van der Waals surface area (Å²) in [5.41, 5.74) is 0. The first-order chi connectivity index (χ1) is 8.86. The van der Waals surface area contributed by atoms with Crippen LogP contribution >= 0.6 is 0 Å². The summed E-state index contributed by atoms with van der Waals surface area (Å²) in [6.45, 7) is 6.65. The van der Waals surface area contributed by atoms with Crippen molar-refractivity contribution >= 4 is 0 Å². The second kappa shape index (κ2) is 10.8. The molecular weight excluding hydrogens is 222 g/mol. The molecule has 0 aromatic carbocycles. The van der Waals surface area contributed by atoms with Crippen LogP contribution in [0, 0.1) is 0 Å². The third-order valence-electron chi connectivity index (χ3n) is 3.92. The van der Waals surface area contributed by atoms with Crippen molar-refractivity contribution in [2.24, 2.45) is 0 Å². The lowest BCUT2D eigenvalue weighted by Crippen LogP contribution is -2.27. The molecule has 0 saturated heterocycles. The number of hydrogen-bond acceptors (Lipinski definition) is 2. The highest BCUT2D eigenvalue weighted by Gasteiger charge is 2.24.